The van der Waals surface area contributed by atoms with Crippen molar-refractivity contribution in [2.24, 2.45) is 0 Å². The Balaban J connectivity index is 1.53. The van der Waals surface area contributed by atoms with Crippen LogP contribution in [-0.4, -0.2) is 22.0 Å². The maximum Gasteiger partial charge on any atom is 0.307 e. The van der Waals surface area contributed by atoms with Gasteiger partial charge in [-0.15, -0.1) is 0 Å². The summed E-state index contributed by atoms with van der Waals surface area (Å²) < 4.78 is 15.0. The molecule has 0 saturated carbocycles. The maximum atomic E-state index is 15.0. The number of hydrogen-bond donors (Lipinski definition) is 2. The molecule has 0 aliphatic carbocycles. The SMILES string of the molecule is Cc1ccc(/C=C2\C(=O)Nc3cc(F)c(-c4ccc(-c5ccncc5)cc4)cc32)cc1CC(=O)O. The summed E-state index contributed by atoms with van der Waals surface area (Å²) in [6.45, 7) is 1.85. The monoisotopic (exact) mass is 464 g/mol. The third-order valence-electron chi connectivity index (χ3n) is 6.13. The fraction of sp³-hybridized carbons (Fsp3) is 0.0690. The lowest BCUT2D eigenvalue weighted by atomic mass is 9.95. The first-order valence-corrected chi connectivity index (χ1v) is 11.1. The van der Waals surface area contributed by atoms with Gasteiger partial charge in [0.25, 0.3) is 5.91 Å². The number of benzene rings is 3. The van der Waals surface area contributed by atoms with E-state index in [1.54, 1.807) is 30.6 Å². The number of fused-ring (bicyclic) bond motifs is 1. The molecule has 1 aliphatic rings. The fourth-order valence-electron chi connectivity index (χ4n) is 4.26. The molecule has 0 radical (unpaired) electrons. The predicted molar refractivity (Wildman–Crippen MR) is 134 cm³/mol. The number of aryl methyl sites for hydroxylation is 1. The molecule has 0 spiro atoms. The number of aliphatic carboxylic acids is 1. The van der Waals surface area contributed by atoms with E-state index in [2.05, 4.69) is 10.3 Å². The molecular weight excluding hydrogens is 443 g/mol. The van der Waals surface area contributed by atoms with Crippen molar-refractivity contribution in [2.75, 3.05) is 5.32 Å². The molecule has 2 heterocycles. The molecule has 1 aromatic heterocycles. The zero-order valence-electron chi connectivity index (χ0n) is 18.9. The van der Waals surface area contributed by atoms with Gasteiger partial charge in [0, 0.05) is 29.1 Å². The lowest BCUT2D eigenvalue weighted by Crippen LogP contribution is -2.04. The summed E-state index contributed by atoms with van der Waals surface area (Å²) in [7, 11) is 0. The Morgan fingerprint density at radius 2 is 1.63 bits per heavy atom. The lowest BCUT2D eigenvalue weighted by Gasteiger charge is -2.09. The van der Waals surface area contributed by atoms with Gasteiger partial charge >= 0.3 is 5.97 Å². The molecule has 4 aromatic rings. The smallest absolute Gasteiger partial charge is 0.307 e. The van der Waals surface area contributed by atoms with Crippen LogP contribution in [-0.2, 0) is 16.0 Å². The highest BCUT2D eigenvalue weighted by Crippen LogP contribution is 2.38. The van der Waals surface area contributed by atoms with Crippen LogP contribution in [0.3, 0.4) is 0 Å². The van der Waals surface area contributed by atoms with Crippen molar-refractivity contribution < 1.29 is 19.1 Å². The number of halogens is 1. The number of carboxylic acid groups (broad SMARTS) is 1. The Morgan fingerprint density at radius 3 is 2.34 bits per heavy atom. The van der Waals surface area contributed by atoms with E-state index >= 15 is 4.39 Å². The number of amides is 1. The van der Waals surface area contributed by atoms with Gasteiger partial charge in [-0.1, -0.05) is 42.5 Å². The van der Waals surface area contributed by atoms with Crippen LogP contribution < -0.4 is 5.32 Å². The van der Waals surface area contributed by atoms with E-state index in [-0.39, 0.29) is 12.3 Å². The first-order valence-electron chi connectivity index (χ1n) is 11.1. The minimum Gasteiger partial charge on any atom is -0.481 e. The van der Waals surface area contributed by atoms with Crippen LogP contribution in [0.4, 0.5) is 10.1 Å². The largest absolute Gasteiger partial charge is 0.481 e. The third kappa shape index (κ3) is 4.46. The quantitative estimate of drug-likeness (QED) is 0.356. The Hall–Kier alpha value is -4.58. The molecule has 0 unspecified atom stereocenters. The molecule has 1 amide bonds. The highest BCUT2D eigenvalue weighted by atomic mass is 19.1. The second kappa shape index (κ2) is 8.99. The number of rotatable bonds is 5. The molecule has 35 heavy (non-hydrogen) atoms. The van der Waals surface area contributed by atoms with E-state index in [1.807, 2.05) is 55.5 Å². The van der Waals surface area contributed by atoms with Crippen LogP contribution in [0.5, 0.6) is 0 Å². The molecule has 1 aliphatic heterocycles. The summed E-state index contributed by atoms with van der Waals surface area (Å²) >= 11 is 0. The number of pyridine rings is 1. The molecule has 5 rings (SSSR count). The van der Waals surface area contributed by atoms with Gasteiger partial charge in [-0.2, -0.15) is 0 Å². The Kier molecular flexibility index (Phi) is 5.71. The van der Waals surface area contributed by atoms with Crippen molar-refractivity contribution in [1.82, 2.24) is 4.98 Å². The van der Waals surface area contributed by atoms with Gasteiger partial charge in [0.15, 0.2) is 0 Å². The third-order valence-corrected chi connectivity index (χ3v) is 6.13. The molecule has 2 N–H and O–H groups in total. The van der Waals surface area contributed by atoms with Crippen LogP contribution in [0.15, 0.2) is 79.1 Å². The summed E-state index contributed by atoms with van der Waals surface area (Å²) in [4.78, 5) is 27.9. The van der Waals surface area contributed by atoms with Gasteiger partial charge in [-0.05, 0) is 70.6 Å². The van der Waals surface area contributed by atoms with Gasteiger partial charge in [-0.3, -0.25) is 14.6 Å². The maximum absolute atomic E-state index is 15.0. The number of carbonyl (C=O) groups excluding carboxylic acids is 1. The molecule has 6 heteroatoms. The second-order valence-electron chi connectivity index (χ2n) is 8.46. The fourth-order valence-corrected chi connectivity index (χ4v) is 4.26. The minimum atomic E-state index is -0.920. The number of nitrogens with zero attached hydrogens (tertiary/aromatic N) is 1. The van der Waals surface area contributed by atoms with Crippen LogP contribution in [0, 0.1) is 12.7 Å². The first-order chi connectivity index (χ1) is 16.9. The highest BCUT2D eigenvalue weighted by Gasteiger charge is 2.26. The van der Waals surface area contributed by atoms with Gasteiger partial charge in [0.1, 0.15) is 5.82 Å². The van der Waals surface area contributed by atoms with E-state index in [1.165, 1.54) is 6.07 Å². The van der Waals surface area contributed by atoms with Gasteiger partial charge in [-0.25, -0.2) is 4.39 Å². The van der Waals surface area contributed by atoms with Gasteiger partial charge in [0.2, 0.25) is 0 Å². The molecule has 172 valence electrons. The summed E-state index contributed by atoms with van der Waals surface area (Å²) in [6.07, 6.45) is 5.05. The van der Waals surface area contributed by atoms with Crippen LogP contribution in [0.2, 0.25) is 0 Å². The summed E-state index contributed by atoms with van der Waals surface area (Å²) in [5.41, 5.74) is 6.76. The Labute approximate surface area is 201 Å². The average Bonchev–Trinajstić information content (AvgIpc) is 3.14. The van der Waals surface area contributed by atoms with Crippen molar-refractivity contribution in [1.29, 1.82) is 0 Å². The molecule has 0 fully saturated rings. The number of nitrogens with one attached hydrogen (secondary N) is 1. The average molecular weight is 464 g/mol. The molecule has 0 atom stereocenters. The standard InChI is InChI=1S/C29H21FN2O3/c1-17-2-3-18(12-22(17)14-28(33)34)13-25-24-15-23(26(30)16-27(24)32-29(25)35)21-6-4-19(5-7-21)20-8-10-31-11-9-20/h2-13,15-16H,14H2,1H3,(H,32,35)(H,33,34)/b25-13-. The number of carboxylic acids is 1. The molecule has 3 aromatic carbocycles. The van der Waals surface area contributed by atoms with E-state index in [4.69, 9.17) is 5.11 Å². The molecular formula is C29H21FN2O3. The zero-order chi connectivity index (χ0) is 24.5. The highest BCUT2D eigenvalue weighted by molar-refractivity contribution is 6.35. The number of anilines is 1. The van der Waals surface area contributed by atoms with Crippen molar-refractivity contribution in [3.8, 4) is 22.3 Å². The van der Waals surface area contributed by atoms with Crippen LogP contribution in [0.1, 0.15) is 22.3 Å². The molecule has 0 bridgehead atoms. The summed E-state index contributed by atoms with van der Waals surface area (Å²) in [6, 6.07) is 19.8. The van der Waals surface area contributed by atoms with Crippen molar-refractivity contribution in [3.05, 3.63) is 107 Å². The number of carbonyl (C=O) groups is 2. The van der Waals surface area contributed by atoms with E-state index in [9.17, 15) is 9.59 Å². The minimum absolute atomic E-state index is 0.101. The van der Waals surface area contributed by atoms with Crippen molar-refractivity contribution in [3.63, 3.8) is 0 Å². The van der Waals surface area contributed by atoms with E-state index < -0.39 is 11.8 Å². The normalized spacial score (nSPS) is 13.5. The lowest BCUT2D eigenvalue weighted by molar-refractivity contribution is -0.136. The number of hydrogen-bond acceptors (Lipinski definition) is 3. The van der Waals surface area contributed by atoms with Crippen LogP contribution in [0.25, 0.3) is 33.9 Å². The second-order valence-corrected chi connectivity index (χ2v) is 8.46. The van der Waals surface area contributed by atoms with Gasteiger partial charge < -0.3 is 10.4 Å². The van der Waals surface area contributed by atoms with Gasteiger partial charge in [0.05, 0.1) is 12.1 Å². The zero-order valence-corrected chi connectivity index (χ0v) is 18.9. The molecule has 0 saturated heterocycles. The Morgan fingerprint density at radius 1 is 0.943 bits per heavy atom. The predicted octanol–water partition coefficient (Wildman–Crippen LogP) is 5.98. The molecule has 5 nitrogen and oxygen atoms in total. The number of aromatic nitrogens is 1. The van der Waals surface area contributed by atoms with Crippen molar-refractivity contribution in [2.45, 2.75) is 13.3 Å². The van der Waals surface area contributed by atoms with E-state index in [0.29, 0.717) is 39.1 Å². The first kappa shape index (κ1) is 22.2. The van der Waals surface area contributed by atoms with Crippen molar-refractivity contribution >= 4 is 29.2 Å². The Bertz CT molecular complexity index is 1490. The van der Waals surface area contributed by atoms with E-state index in [0.717, 1.165) is 16.7 Å². The van der Waals surface area contributed by atoms with Crippen LogP contribution >= 0.6 is 0 Å². The summed E-state index contributed by atoms with van der Waals surface area (Å²) in [5, 5.41) is 11.9. The topological polar surface area (TPSA) is 79.3 Å². The summed E-state index contributed by atoms with van der Waals surface area (Å²) in [5.74, 6) is -1.68.